The largest absolute Gasteiger partial charge is 0.480 e. The summed E-state index contributed by atoms with van der Waals surface area (Å²) in [7, 11) is 0. The Hall–Kier alpha value is -1.35. The minimum atomic E-state index is -0.706. The van der Waals surface area contributed by atoms with Crippen molar-refractivity contribution in [3.8, 4) is 0 Å². The molecule has 0 saturated heterocycles. The second-order valence-electron chi connectivity index (χ2n) is 6.21. The Morgan fingerprint density at radius 2 is 2.00 bits per heavy atom. The van der Waals surface area contributed by atoms with Gasteiger partial charge in [0.1, 0.15) is 6.04 Å². The molecule has 1 N–H and O–H groups in total. The van der Waals surface area contributed by atoms with Crippen LogP contribution < -0.4 is 0 Å². The lowest BCUT2D eigenvalue weighted by molar-refractivity contribution is -0.145. The number of hydrogen-bond donors (Lipinski definition) is 1. The van der Waals surface area contributed by atoms with Crippen LogP contribution in [0.5, 0.6) is 0 Å². The number of rotatable bonds is 3. The van der Waals surface area contributed by atoms with E-state index in [0.29, 0.717) is 12.0 Å². The molecule has 2 unspecified atom stereocenters. The van der Waals surface area contributed by atoms with Crippen molar-refractivity contribution in [2.45, 2.75) is 51.1 Å². The molecule has 0 spiro atoms. The summed E-state index contributed by atoms with van der Waals surface area (Å²) in [6, 6.07) is 7.93. The Kier molecular flexibility index (Phi) is 3.79. The van der Waals surface area contributed by atoms with E-state index in [-0.39, 0.29) is 0 Å². The van der Waals surface area contributed by atoms with Crippen molar-refractivity contribution in [3.63, 3.8) is 0 Å². The summed E-state index contributed by atoms with van der Waals surface area (Å²) in [5.74, 6) is -0.0379. The third-order valence-electron chi connectivity index (χ3n) is 5.16. The first kappa shape index (κ1) is 13.6. The standard InChI is InChI=1S/C17H23NO2/c1-12(13-6-2-3-7-13)18-11-10-14-8-4-5-9-15(14)16(18)17(19)20/h4-5,8-9,12-13,16H,2-3,6-7,10-11H2,1H3,(H,19,20). The fraction of sp³-hybridized carbons (Fsp3) is 0.588. The molecule has 1 aromatic carbocycles. The van der Waals surface area contributed by atoms with Gasteiger partial charge in [-0.1, -0.05) is 37.1 Å². The Balaban J connectivity index is 1.89. The molecule has 20 heavy (non-hydrogen) atoms. The number of carboxylic acids is 1. The van der Waals surface area contributed by atoms with Gasteiger partial charge >= 0.3 is 5.97 Å². The monoisotopic (exact) mass is 273 g/mol. The molecular formula is C17H23NO2. The summed E-state index contributed by atoms with van der Waals surface area (Å²) in [4.78, 5) is 14.0. The first-order valence-electron chi connectivity index (χ1n) is 7.75. The van der Waals surface area contributed by atoms with Crippen LogP contribution in [0, 0.1) is 5.92 Å². The maximum Gasteiger partial charge on any atom is 0.325 e. The predicted octanol–water partition coefficient (Wildman–Crippen LogP) is 3.25. The van der Waals surface area contributed by atoms with Gasteiger partial charge in [0, 0.05) is 12.6 Å². The zero-order valence-corrected chi connectivity index (χ0v) is 12.1. The van der Waals surface area contributed by atoms with E-state index in [9.17, 15) is 9.90 Å². The quantitative estimate of drug-likeness (QED) is 0.919. The van der Waals surface area contributed by atoms with E-state index >= 15 is 0 Å². The topological polar surface area (TPSA) is 40.5 Å². The van der Waals surface area contributed by atoms with Gasteiger partial charge in [-0.05, 0) is 43.2 Å². The number of hydrogen-bond acceptors (Lipinski definition) is 2. The van der Waals surface area contributed by atoms with Gasteiger partial charge in [0.15, 0.2) is 0 Å². The van der Waals surface area contributed by atoms with E-state index in [1.807, 2.05) is 18.2 Å². The molecule has 0 aromatic heterocycles. The van der Waals surface area contributed by atoms with E-state index in [1.54, 1.807) is 0 Å². The smallest absolute Gasteiger partial charge is 0.325 e. The average molecular weight is 273 g/mol. The number of carbonyl (C=O) groups is 1. The van der Waals surface area contributed by atoms with Crippen LogP contribution in [-0.4, -0.2) is 28.6 Å². The molecule has 1 aromatic rings. The van der Waals surface area contributed by atoms with Crippen LogP contribution in [0.2, 0.25) is 0 Å². The highest BCUT2D eigenvalue weighted by molar-refractivity contribution is 5.76. The molecule has 2 atom stereocenters. The fourth-order valence-corrected chi connectivity index (χ4v) is 4.01. The van der Waals surface area contributed by atoms with E-state index in [4.69, 9.17) is 0 Å². The maximum atomic E-state index is 11.8. The van der Waals surface area contributed by atoms with Gasteiger partial charge < -0.3 is 5.11 Å². The molecule has 3 heteroatoms. The third kappa shape index (κ3) is 2.35. The summed E-state index contributed by atoms with van der Waals surface area (Å²) in [5, 5.41) is 9.71. The molecule has 1 heterocycles. The first-order valence-corrected chi connectivity index (χ1v) is 7.75. The van der Waals surface area contributed by atoms with Crippen molar-refractivity contribution < 1.29 is 9.90 Å². The lowest BCUT2D eigenvalue weighted by Crippen LogP contribution is -2.47. The van der Waals surface area contributed by atoms with Crippen LogP contribution in [0.1, 0.15) is 49.8 Å². The summed E-state index contributed by atoms with van der Waals surface area (Å²) >= 11 is 0. The van der Waals surface area contributed by atoms with Crippen LogP contribution in [0.4, 0.5) is 0 Å². The van der Waals surface area contributed by atoms with Gasteiger partial charge in [-0.2, -0.15) is 0 Å². The van der Waals surface area contributed by atoms with Crippen LogP contribution in [0.3, 0.4) is 0 Å². The molecular weight excluding hydrogens is 250 g/mol. The van der Waals surface area contributed by atoms with Crippen LogP contribution >= 0.6 is 0 Å². The molecule has 108 valence electrons. The average Bonchev–Trinajstić information content (AvgIpc) is 2.99. The minimum absolute atomic E-state index is 0.368. The Morgan fingerprint density at radius 3 is 2.70 bits per heavy atom. The predicted molar refractivity (Wildman–Crippen MR) is 78.6 cm³/mol. The van der Waals surface area contributed by atoms with Crippen molar-refractivity contribution in [2.24, 2.45) is 5.92 Å². The second kappa shape index (κ2) is 5.57. The van der Waals surface area contributed by atoms with Gasteiger partial charge in [-0.15, -0.1) is 0 Å². The molecule has 1 fully saturated rings. The van der Waals surface area contributed by atoms with Crippen LogP contribution in [0.15, 0.2) is 24.3 Å². The van der Waals surface area contributed by atoms with Crippen molar-refractivity contribution >= 4 is 5.97 Å². The molecule has 3 nitrogen and oxygen atoms in total. The van der Waals surface area contributed by atoms with Gasteiger partial charge in [0.2, 0.25) is 0 Å². The Morgan fingerprint density at radius 1 is 1.30 bits per heavy atom. The SMILES string of the molecule is CC(C1CCCC1)N1CCc2ccccc2C1C(=O)O. The number of carboxylic acid groups (broad SMARTS) is 1. The Labute approximate surface area is 120 Å². The summed E-state index contributed by atoms with van der Waals surface area (Å²) in [5.41, 5.74) is 2.20. The number of benzene rings is 1. The highest BCUT2D eigenvalue weighted by Crippen LogP contribution is 2.37. The second-order valence-corrected chi connectivity index (χ2v) is 6.21. The van der Waals surface area contributed by atoms with Crippen molar-refractivity contribution in [1.29, 1.82) is 0 Å². The maximum absolute atomic E-state index is 11.8. The number of aliphatic carboxylic acids is 1. The number of fused-ring (bicyclic) bond motifs is 1. The summed E-state index contributed by atoms with van der Waals surface area (Å²) in [6.07, 6.45) is 6.09. The first-order chi connectivity index (χ1) is 9.68. The minimum Gasteiger partial charge on any atom is -0.480 e. The fourth-order valence-electron chi connectivity index (χ4n) is 4.01. The molecule has 0 bridgehead atoms. The molecule has 1 saturated carbocycles. The zero-order chi connectivity index (χ0) is 14.1. The van der Waals surface area contributed by atoms with E-state index in [2.05, 4.69) is 17.9 Å². The molecule has 0 radical (unpaired) electrons. The highest BCUT2D eigenvalue weighted by Gasteiger charge is 2.38. The Bertz CT molecular complexity index is 494. The van der Waals surface area contributed by atoms with Crippen LogP contribution in [-0.2, 0) is 11.2 Å². The van der Waals surface area contributed by atoms with Crippen LogP contribution in [0.25, 0.3) is 0 Å². The molecule has 2 aliphatic rings. The van der Waals surface area contributed by atoms with Gasteiger partial charge in [0.25, 0.3) is 0 Å². The molecule has 1 aliphatic heterocycles. The molecule has 3 rings (SSSR count). The summed E-state index contributed by atoms with van der Waals surface area (Å²) in [6.45, 7) is 3.09. The van der Waals surface area contributed by atoms with Gasteiger partial charge in [-0.25, -0.2) is 0 Å². The number of nitrogens with zero attached hydrogens (tertiary/aromatic N) is 1. The highest BCUT2D eigenvalue weighted by atomic mass is 16.4. The van der Waals surface area contributed by atoms with Gasteiger partial charge in [0.05, 0.1) is 0 Å². The van der Waals surface area contributed by atoms with Gasteiger partial charge in [-0.3, -0.25) is 9.69 Å². The lowest BCUT2D eigenvalue weighted by Gasteiger charge is -2.41. The molecule has 1 aliphatic carbocycles. The van der Waals surface area contributed by atoms with Crippen molar-refractivity contribution in [2.75, 3.05) is 6.54 Å². The zero-order valence-electron chi connectivity index (χ0n) is 12.1. The van der Waals surface area contributed by atoms with Crippen molar-refractivity contribution in [3.05, 3.63) is 35.4 Å². The normalized spacial score (nSPS) is 25.4. The summed E-state index contributed by atoms with van der Waals surface area (Å²) < 4.78 is 0. The lowest BCUT2D eigenvalue weighted by atomic mass is 9.88. The molecule has 0 amide bonds. The third-order valence-corrected chi connectivity index (χ3v) is 5.16. The van der Waals surface area contributed by atoms with Crippen molar-refractivity contribution in [1.82, 2.24) is 4.90 Å². The van der Waals surface area contributed by atoms with E-state index < -0.39 is 12.0 Å². The van der Waals surface area contributed by atoms with E-state index in [1.165, 1.54) is 31.2 Å². The van der Waals surface area contributed by atoms with E-state index in [0.717, 1.165) is 18.5 Å².